The Kier molecular flexibility index (Phi) is 7.22. The Bertz CT molecular complexity index is 1510. The van der Waals surface area contributed by atoms with Gasteiger partial charge in [-0.05, 0) is 67.4 Å². The lowest BCUT2D eigenvalue weighted by Gasteiger charge is -2.32. The molecule has 7 heteroatoms. The molecule has 2 aliphatic heterocycles. The number of aromatic hydroxyl groups is 1. The number of likely N-dealkylation sites (tertiary alicyclic amines) is 1. The highest BCUT2D eigenvalue weighted by Gasteiger charge is 2.24. The summed E-state index contributed by atoms with van der Waals surface area (Å²) in [5.74, 6) is 0.858. The molecular weight excluding hydrogens is 498 g/mol. The van der Waals surface area contributed by atoms with Gasteiger partial charge in [-0.2, -0.15) is 5.32 Å². The molecule has 0 unspecified atom stereocenters. The first kappa shape index (κ1) is 26.0. The van der Waals surface area contributed by atoms with Crippen LogP contribution in [-0.2, 0) is 13.0 Å². The molecule has 0 bridgehead atoms. The summed E-state index contributed by atoms with van der Waals surface area (Å²) in [7, 11) is 0. The van der Waals surface area contributed by atoms with Crippen LogP contribution < -0.4 is 10.6 Å². The minimum atomic E-state index is -0.280. The summed E-state index contributed by atoms with van der Waals surface area (Å²) in [4.78, 5) is 23.6. The van der Waals surface area contributed by atoms with Crippen molar-refractivity contribution in [2.24, 2.45) is 5.92 Å². The van der Waals surface area contributed by atoms with Gasteiger partial charge in [-0.3, -0.25) is 4.90 Å². The number of hydrogen-bond acceptors (Lipinski definition) is 5. The van der Waals surface area contributed by atoms with E-state index in [1.54, 1.807) is 0 Å². The number of nitrogens with zero attached hydrogens (tertiary/aromatic N) is 4. The zero-order chi connectivity index (χ0) is 27.6. The SMILES string of the molecule is CC(C)Cc1nc(-c2ccc(CN3CCC(c4ccc5c(c4)[N]C(=O)N5)CC3)cc2)c(-c2ccccc2)nc1O. The van der Waals surface area contributed by atoms with E-state index in [9.17, 15) is 9.90 Å². The van der Waals surface area contributed by atoms with E-state index < -0.39 is 0 Å². The van der Waals surface area contributed by atoms with Crippen molar-refractivity contribution >= 4 is 17.4 Å². The van der Waals surface area contributed by atoms with Gasteiger partial charge in [0.05, 0.1) is 17.1 Å². The van der Waals surface area contributed by atoms with Crippen LogP contribution in [0.5, 0.6) is 5.88 Å². The maximum absolute atomic E-state index is 11.6. The highest BCUT2D eigenvalue weighted by Crippen LogP contribution is 2.36. The maximum Gasteiger partial charge on any atom is 0.346 e. The topological polar surface area (TPSA) is 92.5 Å². The molecule has 1 aromatic heterocycles. The van der Waals surface area contributed by atoms with E-state index in [1.165, 1.54) is 11.1 Å². The number of amides is 2. The number of urea groups is 1. The van der Waals surface area contributed by atoms with Crippen LogP contribution in [0.1, 0.15) is 49.4 Å². The molecule has 0 atom stereocenters. The monoisotopic (exact) mass is 532 g/mol. The number of aromatic nitrogens is 2. The quantitative estimate of drug-likeness (QED) is 0.271. The second kappa shape index (κ2) is 11.1. The van der Waals surface area contributed by atoms with Crippen molar-refractivity contribution in [2.45, 2.75) is 45.6 Å². The molecule has 0 aliphatic carbocycles. The van der Waals surface area contributed by atoms with Gasteiger partial charge in [-0.25, -0.2) is 14.8 Å². The van der Waals surface area contributed by atoms with Gasteiger partial charge in [-0.1, -0.05) is 74.5 Å². The summed E-state index contributed by atoms with van der Waals surface area (Å²) in [5.41, 5.74) is 8.15. The number of nitrogens with one attached hydrogen (secondary N) is 1. The summed E-state index contributed by atoms with van der Waals surface area (Å²) < 4.78 is 0. The molecule has 2 amide bonds. The number of piperidine rings is 1. The Balaban J connectivity index is 1.15. The van der Waals surface area contributed by atoms with Crippen LogP contribution in [0.25, 0.3) is 22.5 Å². The van der Waals surface area contributed by atoms with Gasteiger partial charge in [0.15, 0.2) is 0 Å². The van der Waals surface area contributed by atoms with E-state index in [0.717, 1.165) is 60.7 Å². The molecular formula is C33H34N5O2. The van der Waals surface area contributed by atoms with Crippen molar-refractivity contribution < 1.29 is 9.90 Å². The fourth-order valence-electron chi connectivity index (χ4n) is 5.69. The summed E-state index contributed by atoms with van der Waals surface area (Å²) in [6.45, 7) is 7.18. The van der Waals surface area contributed by atoms with Crippen LogP contribution in [0, 0.1) is 5.92 Å². The predicted molar refractivity (Wildman–Crippen MR) is 158 cm³/mol. The maximum atomic E-state index is 11.6. The molecule has 4 aromatic rings. The Morgan fingerprint density at radius 2 is 1.62 bits per heavy atom. The van der Waals surface area contributed by atoms with E-state index in [4.69, 9.17) is 4.98 Å². The number of benzene rings is 3. The van der Waals surface area contributed by atoms with Crippen LogP contribution >= 0.6 is 0 Å². The van der Waals surface area contributed by atoms with E-state index in [0.29, 0.717) is 29.6 Å². The van der Waals surface area contributed by atoms with E-state index in [-0.39, 0.29) is 11.9 Å². The zero-order valence-electron chi connectivity index (χ0n) is 23.0. The van der Waals surface area contributed by atoms with Crippen molar-refractivity contribution in [1.82, 2.24) is 20.2 Å². The molecule has 3 heterocycles. The second-order valence-electron chi connectivity index (χ2n) is 11.2. The van der Waals surface area contributed by atoms with Crippen LogP contribution in [-0.4, -0.2) is 39.1 Å². The minimum absolute atomic E-state index is 0.00997. The third-order valence-corrected chi connectivity index (χ3v) is 7.77. The number of rotatable bonds is 7. The largest absolute Gasteiger partial charge is 0.492 e. The average Bonchev–Trinajstić information content (AvgIpc) is 3.34. The molecule has 1 fully saturated rings. The molecule has 0 saturated carbocycles. The predicted octanol–water partition coefficient (Wildman–Crippen LogP) is 6.88. The molecule has 3 aromatic carbocycles. The summed E-state index contributed by atoms with van der Waals surface area (Å²) in [6, 6.07) is 24.4. The average molecular weight is 533 g/mol. The van der Waals surface area contributed by atoms with Crippen molar-refractivity contribution in [3.8, 4) is 28.4 Å². The van der Waals surface area contributed by atoms with Crippen LogP contribution in [0.2, 0.25) is 0 Å². The van der Waals surface area contributed by atoms with Gasteiger partial charge in [-0.15, -0.1) is 0 Å². The Morgan fingerprint density at radius 3 is 2.35 bits per heavy atom. The van der Waals surface area contributed by atoms with Gasteiger partial charge in [0.1, 0.15) is 11.4 Å². The number of carbonyl (C=O) groups is 1. The molecule has 203 valence electrons. The Labute approximate surface area is 235 Å². The molecule has 6 rings (SSSR count). The smallest absolute Gasteiger partial charge is 0.346 e. The standard InChI is InChI=1S/C33H34N5O2/c1-21(2)18-29-32(39)37-31(24-6-4-3-5-7-24)30(34-29)25-10-8-22(9-11-25)20-38-16-14-23(15-17-38)26-12-13-27-28(19-26)36-33(40)35-27/h3-13,19,21,23H,14-18,20H2,1-2H3,(H,35,40)(H,37,39). The highest BCUT2D eigenvalue weighted by molar-refractivity contribution is 6.02. The van der Waals surface area contributed by atoms with Crippen molar-refractivity contribution in [1.29, 1.82) is 0 Å². The number of fused-ring (bicyclic) bond motifs is 1. The van der Waals surface area contributed by atoms with Gasteiger partial charge in [0.25, 0.3) is 0 Å². The van der Waals surface area contributed by atoms with E-state index >= 15 is 0 Å². The third-order valence-electron chi connectivity index (χ3n) is 7.77. The fourth-order valence-corrected chi connectivity index (χ4v) is 5.69. The van der Waals surface area contributed by atoms with Crippen molar-refractivity contribution in [3.63, 3.8) is 0 Å². The lowest BCUT2D eigenvalue weighted by Crippen LogP contribution is -2.32. The molecule has 1 radical (unpaired) electrons. The number of carbonyl (C=O) groups excluding carboxylic acids is 1. The van der Waals surface area contributed by atoms with Gasteiger partial charge >= 0.3 is 6.03 Å². The Morgan fingerprint density at radius 1 is 0.925 bits per heavy atom. The van der Waals surface area contributed by atoms with E-state index in [1.807, 2.05) is 36.4 Å². The molecule has 0 spiro atoms. The number of hydrogen-bond donors (Lipinski definition) is 2. The van der Waals surface area contributed by atoms with Gasteiger partial charge < -0.3 is 10.4 Å². The first-order chi connectivity index (χ1) is 19.4. The first-order valence-electron chi connectivity index (χ1n) is 14.1. The normalized spacial score (nSPS) is 15.6. The lowest BCUT2D eigenvalue weighted by molar-refractivity contribution is 0.204. The lowest BCUT2D eigenvalue weighted by atomic mass is 9.89. The van der Waals surface area contributed by atoms with Crippen LogP contribution in [0.15, 0.2) is 72.8 Å². The summed E-state index contributed by atoms with van der Waals surface area (Å²) in [5, 5.41) is 17.5. The Hall–Kier alpha value is -4.23. The molecule has 2 aliphatic rings. The molecule has 2 N–H and O–H groups in total. The second-order valence-corrected chi connectivity index (χ2v) is 11.2. The van der Waals surface area contributed by atoms with Crippen molar-refractivity contribution in [2.75, 3.05) is 18.4 Å². The molecule has 7 nitrogen and oxygen atoms in total. The molecule has 1 saturated heterocycles. The van der Waals surface area contributed by atoms with Crippen LogP contribution in [0.4, 0.5) is 16.2 Å². The minimum Gasteiger partial charge on any atom is -0.492 e. The van der Waals surface area contributed by atoms with Crippen molar-refractivity contribution in [3.05, 3.63) is 89.6 Å². The fraction of sp³-hybridized carbons (Fsp3) is 0.303. The zero-order valence-corrected chi connectivity index (χ0v) is 23.0. The van der Waals surface area contributed by atoms with Gasteiger partial charge in [0.2, 0.25) is 5.88 Å². The van der Waals surface area contributed by atoms with Gasteiger partial charge in [0, 0.05) is 17.7 Å². The molecule has 40 heavy (non-hydrogen) atoms. The number of anilines is 1. The first-order valence-corrected chi connectivity index (χ1v) is 14.1. The van der Waals surface area contributed by atoms with E-state index in [2.05, 4.69) is 70.8 Å². The third kappa shape index (κ3) is 5.56. The highest BCUT2D eigenvalue weighted by atomic mass is 16.3. The summed E-state index contributed by atoms with van der Waals surface area (Å²) >= 11 is 0. The van der Waals surface area contributed by atoms with Crippen LogP contribution in [0.3, 0.4) is 0 Å². The summed E-state index contributed by atoms with van der Waals surface area (Å²) in [6.07, 6.45) is 2.84.